The molecule has 3 nitrogen and oxygen atoms in total. The van der Waals surface area contributed by atoms with E-state index in [4.69, 9.17) is 10.00 Å². The van der Waals surface area contributed by atoms with E-state index in [1.807, 2.05) is 0 Å². The van der Waals surface area contributed by atoms with Gasteiger partial charge in [0.2, 0.25) is 0 Å². The van der Waals surface area contributed by atoms with Crippen LogP contribution < -0.4 is 5.32 Å². The number of nitrogens with zero attached hydrogens (tertiary/aromatic N) is 1. The van der Waals surface area contributed by atoms with Gasteiger partial charge < -0.3 is 10.1 Å². The van der Waals surface area contributed by atoms with Crippen LogP contribution in [-0.4, -0.2) is 26.3 Å². The number of nitrogens with one attached hydrogen (secondary N) is 1. The average Bonchev–Trinajstić information content (AvgIpc) is 2.67. The topological polar surface area (TPSA) is 45.0 Å². The van der Waals surface area contributed by atoms with Crippen molar-refractivity contribution in [1.29, 1.82) is 5.26 Å². The van der Waals surface area contributed by atoms with E-state index in [0.717, 1.165) is 32.7 Å². The normalized spacial score (nSPS) is 21.5. The second-order valence-corrected chi connectivity index (χ2v) is 5.18. The van der Waals surface area contributed by atoms with Gasteiger partial charge in [0.1, 0.15) is 0 Å². The lowest BCUT2D eigenvalue weighted by molar-refractivity contribution is 0.184. The molecule has 15 heavy (non-hydrogen) atoms. The Kier molecular flexibility index (Phi) is 5.07. The van der Waals surface area contributed by atoms with Gasteiger partial charge in [-0.15, -0.1) is 0 Å². The molecule has 1 rings (SSSR count). The van der Waals surface area contributed by atoms with E-state index < -0.39 is 0 Å². The first-order valence-electron chi connectivity index (χ1n) is 5.79. The van der Waals surface area contributed by atoms with Crippen LogP contribution in [0.1, 0.15) is 33.1 Å². The molecule has 1 fully saturated rings. The zero-order chi connectivity index (χ0) is 11.1. The Morgan fingerprint density at radius 1 is 1.53 bits per heavy atom. The molecule has 0 aromatic heterocycles. The van der Waals surface area contributed by atoms with Crippen LogP contribution in [0, 0.1) is 22.7 Å². The molecule has 1 aliphatic heterocycles. The van der Waals surface area contributed by atoms with Crippen molar-refractivity contribution in [2.75, 3.05) is 26.3 Å². The van der Waals surface area contributed by atoms with Gasteiger partial charge in [-0.25, -0.2) is 0 Å². The minimum absolute atomic E-state index is 0.231. The van der Waals surface area contributed by atoms with E-state index in [2.05, 4.69) is 25.2 Å². The summed E-state index contributed by atoms with van der Waals surface area (Å²) in [7, 11) is 0. The minimum atomic E-state index is 0.231. The first kappa shape index (κ1) is 12.5. The molecule has 0 saturated carbocycles. The fourth-order valence-corrected chi connectivity index (χ4v) is 1.84. The molecule has 1 atom stereocenters. The van der Waals surface area contributed by atoms with E-state index in [0.29, 0.717) is 12.3 Å². The van der Waals surface area contributed by atoms with E-state index in [9.17, 15) is 0 Å². The molecular formula is C12H22N2O. The van der Waals surface area contributed by atoms with Crippen molar-refractivity contribution in [2.24, 2.45) is 11.3 Å². The van der Waals surface area contributed by atoms with Gasteiger partial charge in [-0.1, -0.05) is 13.8 Å². The Bertz CT molecular complexity index is 214. The highest BCUT2D eigenvalue weighted by atomic mass is 16.5. The summed E-state index contributed by atoms with van der Waals surface area (Å²) >= 11 is 0. The molecule has 0 aromatic rings. The first-order chi connectivity index (χ1) is 7.14. The standard InChI is InChI=1S/C12H22N2O/c1-12(2,5-3-6-13)10-14-8-11-4-7-15-9-11/h11,14H,3-5,7-10H2,1-2H3. The second kappa shape index (κ2) is 6.09. The van der Waals surface area contributed by atoms with Crippen LogP contribution >= 0.6 is 0 Å². The number of hydrogen-bond acceptors (Lipinski definition) is 3. The summed E-state index contributed by atoms with van der Waals surface area (Å²) < 4.78 is 5.32. The Labute approximate surface area is 92.8 Å². The molecule has 1 unspecified atom stereocenters. The lowest BCUT2D eigenvalue weighted by atomic mass is 9.88. The minimum Gasteiger partial charge on any atom is -0.381 e. The molecule has 3 heteroatoms. The van der Waals surface area contributed by atoms with E-state index >= 15 is 0 Å². The van der Waals surface area contributed by atoms with Crippen LogP contribution in [-0.2, 0) is 4.74 Å². The molecule has 0 amide bonds. The van der Waals surface area contributed by atoms with Crippen molar-refractivity contribution in [3.8, 4) is 6.07 Å². The molecule has 1 aliphatic rings. The van der Waals surface area contributed by atoms with Gasteiger partial charge >= 0.3 is 0 Å². The van der Waals surface area contributed by atoms with Gasteiger partial charge in [0.15, 0.2) is 0 Å². The SMILES string of the molecule is CC(C)(CCC#N)CNCC1CCOC1. The molecule has 0 radical (unpaired) electrons. The Morgan fingerprint density at radius 2 is 2.33 bits per heavy atom. The third-order valence-electron chi connectivity index (χ3n) is 2.97. The molecule has 0 aliphatic carbocycles. The predicted molar refractivity (Wildman–Crippen MR) is 60.4 cm³/mol. The van der Waals surface area contributed by atoms with Crippen molar-refractivity contribution in [1.82, 2.24) is 5.32 Å². The maximum atomic E-state index is 8.54. The largest absolute Gasteiger partial charge is 0.381 e. The van der Waals surface area contributed by atoms with Crippen molar-refractivity contribution in [3.63, 3.8) is 0 Å². The van der Waals surface area contributed by atoms with Gasteiger partial charge in [0.25, 0.3) is 0 Å². The zero-order valence-electron chi connectivity index (χ0n) is 9.88. The van der Waals surface area contributed by atoms with Gasteiger partial charge in [-0.2, -0.15) is 5.26 Å². The summed E-state index contributed by atoms with van der Waals surface area (Å²) in [5.41, 5.74) is 0.231. The summed E-state index contributed by atoms with van der Waals surface area (Å²) in [4.78, 5) is 0. The molecule has 0 aromatic carbocycles. The van der Waals surface area contributed by atoms with Crippen LogP contribution in [0.5, 0.6) is 0 Å². The molecule has 86 valence electrons. The van der Waals surface area contributed by atoms with Crippen molar-refractivity contribution in [2.45, 2.75) is 33.1 Å². The number of nitriles is 1. The maximum absolute atomic E-state index is 8.54. The number of rotatable bonds is 6. The quantitative estimate of drug-likeness (QED) is 0.728. The Hall–Kier alpha value is -0.590. The third-order valence-corrected chi connectivity index (χ3v) is 2.97. The molecule has 0 bridgehead atoms. The van der Waals surface area contributed by atoms with Gasteiger partial charge in [-0.3, -0.25) is 0 Å². The van der Waals surface area contributed by atoms with Crippen LogP contribution in [0.15, 0.2) is 0 Å². The lowest BCUT2D eigenvalue weighted by Gasteiger charge is -2.24. The van der Waals surface area contributed by atoms with E-state index in [1.54, 1.807) is 0 Å². The van der Waals surface area contributed by atoms with Crippen molar-refractivity contribution < 1.29 is 4.74 Å². The van der Waals surface area contributed by atoms with Crippen molar-refractivity contribution >= 4 is 0 Å². The van der Waals surface area contributed by atoms with E-state index in [-0.39, 0.29) is 5.41 Å². The van der Waals surface area contributed by atoms with Gasteiger partial charge in [0, 0.05) is 26.1 Å². The number of ether oxygens (including phenoxy) is 1. The monoisotopic (exact) mass is 210 g/mol. The second-order valence-electron chi connectivity index (χ2n) is 5.18. The fraction of sp³-hybridized carbons (Fsp3) is 0.917. The predicted octanol–water partition coefficient (Wildman–Crippen LogP) is 1.94. The average molecular weight is 210 g/mol. The summed E-state index contributed by atoms with van der Waals surface area (Å²) in [6.45, 7) is 8.29. The smallest absolute Gasteiger partial charge is 0.0621 e. The van der Waals surface area contributed by atoms with Crippen LogP contribution in [0.4, 0.5) is 0 Å². The molecule has 1 saturated heterocycles. The van der Waals surface area contributed by atoms with Crippen molar-refractivity contribution in [3.05, 3.63) is 0 Å². The fourth-order valence-electron chi connectivity index (χ4n) is 1.84. The highest BCUT2D eigenvalue weighted by Gasteiger charge is 2.19. The summed E-state index contributed by atoms with van der Waals surface area (Å²) in [6, 6.07) is 2.21. The van der Waals surface area contributed by atoms with Crippen LogP contribution in [0.2, 0.25) is 0 Å². The zero-order valence-corrected chi connectivity index (χ0v) is 9.88. The Morgan fingerprint density at radius 3 is 2.93 bits per heavy atom. The third kappa shape index (κ3) is 5.15. The molecule has 1 heterocycles. The Balaban J connectivity index is 2.09. The summed E-state index contributed by atoms with van der Waals surface area (Å²) in [5.74, 6) is 0.691. The first-order valence-corrected chi connectivity index (χ1v) is 5.79. The van der Waals surface area contributed by atoms with E-state index in [1.165, 1.54) is 6.42 Å². The van der Waals surface area contributed by atoms with Crippen LogP contribution in [0.25, 0.3) is 0 Å². The molecular weight excluding hydrogens is 188 g/mol. The lowest BCUT2D eigenvalue weighted by Crippen LogP contribution is -2.33. The number of hydrogen-bond donors (Lipinski definition) is 1. The van der Waals surface area contributed by atoms with Gasteiger partial charge in [0.05, 0.1) is 12.7 Å². The summed E-state index contributed by atoms with van der Waals surface area (Å²) in [6.07, 6.45) is 2.81. The van der Waals surface area contributed by atoms with Crippen LogP contribution in [0.3, 0.4) is 0 Å². The highest BCUT2D eigenvalue weighted by molar-refractivity contribution is 4.79. The highest BCUT2D eigenvalue weighted by Crippen LogP contribution is 2.21. The summed E-state index contributed by atoms with van der Waals surface area (Å²) in [5, 5.41) is 12.0. The van der Waals surface area contributed by atoms with Gasteiger partial charge in [-0.05, 0) is 24.2 Å². The molecule has 1 N–H and O–H groups in total. The maximum Gasteiger partial charge on any atom is 0.0621 e. The molecule has 0 spiro atoms.